The van der Waals surface area contributed by atoms with Gasteiger partial charge in [-0.3, -0.25) is 9.48 Å². The Morgan fingerprint density at radius 2 is 2.00 bits per heavy atom. The van der Waals surface area contributed by atoms with Crippen LogP contribution in [0.2, 0.25) is 0 Å². The molecule has 28 heavy (non-hydrogen) atoms. The Labute approximate surface area is 164 Å². The van der Waals surface area contributed by atoms with Crippen LogP contribution in [0.5, 0.6) is 0 Å². The summed E-state index contributed by atoms with van der Waals surface area (Å²) < 4.78 is 4.02. The maximum atomic E-state index is 12.6. The highest BCUT2D eigenvalue weighted by atomic mass is 16.1. The molecule has 1 atom stereocenters. The van der Waals surface area contributed by atoms with Gasteiger partial charge >= 0.3 is 0 Å². The highest BCUT2D eigenvalue weighted by molar-refractivity contribution is 5.94. The van der Waals surface area contributed by atoms with E-state index in [2.05, 4.69) is 46.3 Å². The topological polar surface area (TPSA) is 64.7 Å². The Kier molecular flexibility index (Phi) is 4.26. The second kappa shape index (κ2) is 6.93. The zero-order chi connectivity index (χ0) is 19.1. The lowest BCUT2D eigenvalue weighted by molar-refractivity contribution is -0.116. The molecule has 1 saturated carbocycles. The maximum absolute atomic E-state index is 12.6. The fraction of sp³-hybridized carbons (Fsp3) is 0.409. The summed E-state index contributed by atoms with van der Waals surface area (Å²) in [6, 6.07) is 10.7. The molecule has 0 bridgehead atoms. The van der Waals surface area contributed by atoms with Gasteiger partial charge in [-0.1, -0.05) is 37.1 Å². The number of aryl methyl sites for hydroxylation is 1. The van der Waals surface area contributed by atoms with E-state index in [1.165, 1.54) is 29.5 Å². The van der Waals surface area contributed by atoms with E-state index in [0.717, 1.165) is 24.4 Å². The molecule has 1 amide bonds. The summed E-state index contributed by atoms with van der Waals surface area (Å²) in [5.74, 6) is 1.02. The highest BCUT2D eigenvalue weighted by Gasteiger charge is 2.35. The van der Waals surface area contributed by atoms with E-state index in [0.29, 0.717) is 19.0 Å². The van der Waals surface area contributed by atoms with Crippen molar-refractivity contribution in [1.82, 2.24) is 19.6 Å². The number of carbonyl (C=O) groups is 1. The molecule has 1 fully saturated rings. The van der Waals surface area contributed by atoms with Crippen molar-refractivity contribution in [2.45, 2.75) is 57.5 Å². The third-order valence-electron chi connectivity index (χ3n) is 6.12. The average Bonchev–Trinajstić information content (AvgIpc) is 3.44. The summed E-state index contributed by atoms with van der Waals surface area (Å²) in [6.07, 6.45) is 8.99. The van der Waals surface area contributed by atoms with Crippen molar-refractivity contribution < 1.29 is 4.79 Å². The second-order valence-electron chi connectivity index (χ2n) is 7.94. The van der Waals surface area contributed by atoms with Crippen molar-refractivity contribution in [1.29, 1.82) is 0 Å². The molecule has 1 aromatic carbocycles. The number of amides is 1. The lowest BCUT2D eigenvalue weighted by Crippen LogP contribution is -2.26. The van der Waals surface area contributed by atoms with Gasteiger partial charge in [-0.25, -0.2) is 4.68 Å². The van der Waals surface area contributed by atoms with Gasteiger partial charge < -0.3 is 5.32 Å². The fourth-order valence-corrected chi connectivity index (χ4v) is 4.84. The van der Waals surface area contributed by atoms with Gasteiger partial charge in [-0.2, -0.15) is 10.2 Å². The largest absolute Gasteiger partial charge is 0.311 e. The maximum Gasteiger partial charge on any atom is 0.226 e. The fourth-order valence-electron chi connectivity index (χ4n) is 4.84. The monoisotopic (exact) mass is 375 g/mol. The number of aromatic nitrogens is 4. The Balaban J connectivity index is 1.59. The first-order chi connectivity index (χ1) is 13.7. The predicted molar refractivity (Wildman–Crippen MR) is 107 cm³/mol. The van der Waals surface area contributed by atoms with E-state index < -0.39 is 0 Å². The molecule has 6 nitrogen and oxygen atoms in total. The second-order valence-corrected chi connectivity index (χ2v) is 7.94. The molecule has 144 valence electrons. The number of rotatable bonds is 4. The van der Waals surface area contributed by atoms with Crippen LogP contribution in [-0.4, -0.2) is 25.5 Å². The van der Waals surface area contributed by atoms with Crippen LogP contribution >= 0.6 is 0 Å². The summed E-state index contributed by atoms with van der Waals surface area (Å²) in [6.45, 7) is 2.78. The molecule has 1 unspecified atom stereocenters. The number of hydrogen-bond donors (Lipinski definition) is 1. The minimum atomic E-state index is 0.0330. The first-order valence-corrected chi connectivity index (χ1v) is 10.1. The molecule has 0 radical (unpaired) electrons. The van der Waals surface area contributed by atoms with E-state index in [1.807, 2.05) is 16.9 Å². The normalized spacial score (nSPS) is 19.6. The minimum Gasteiger partial charge on any atom is -0.311 e. The Morgan fingerprint density at radius 1 is 1.18 bits per heavy atom. The van der Waals surface area contributed by atoms with E-state index in [1.54, 1.807) is 6.20 Å². The number of fused-ring (bicyclic) bond motifs is 1. The van der Waals surface area contributed by atoms with E-state index >= 15 is 0 Å². The Hall–Kier alpha value is -2.89. The van der Waals surface area contributed by atoms with Gasteiger partial charge in [-0.05, 0) is 37.0 Å². The number of hydrogen-bond acceptors (Lipinski definition) is 3. The van der Waals surface area contributed by atoms with Crippen LogP contribution in [0.25, 0.3) is 0 Å². The van der Waals surface area contributed by atoms with Crippen molar-refractivity contribution in [2.75, 3.05) is 5.32 Å². The highest BCUT2D eigenvalue weighted by Crippen LogP contribution is 2.43. The van der Waals surface area contributed by atoms with Gasteiger partial charge in [0.15, 0.2) is 0 Å². The lowest BCUT2D eigenvalue weighted by Gasteiger charge is -2.27. The molecule has 0 saturated heterocycles. The number of nitrogens with one attached hydrogen (secondary N) is 1. The molecule has 6 heteroatoms. The van der Waals surface area contributed by atoms with Crippen molar-refractivity contribution in [2.24, 2.45) is 0 Å². The molecule has 1 aliphatic heterocycles. The van der Waals surface area contributed by atoms with Crippen LogP contribution < -0.4 is 5.32 Å². The molecular formula is C22H25N5O. The molecular weight excluding hydrogens is 350 g/mol. The van der Waals surface area contributed by atoms with Crippen LogP contribution in [0.4, 0.5) is 5.82 Å². The van der Waals surface area contributed by atoms with Crippen molar-refractivity contribution >= 4 is 11.7 Å². The zero-order valence-electron chi connectivity index (χ0n) is 16.1. The van der Waals surface area contributed by atoms with Gasteiger partial charge in [-0.15, -0.1) is 0 Å². The quantitative estimate of drug-likeness (QED) is 0.749. The molecule has 2 aliphatic rings. The first-order valence-electron chi connectivity index (χ1n) is 10.1. The number of carbonyl (C=O) groups excluding carboxylic acids is 1. The molecule has 3 heterocycles. The van der Waals surface area contributed by atoms with E-state index in [4.69, 9.17) is 5.10 Å². The summed E-state index contributed by atoms with van der Waals surface area (Å²) in [4.78, 5) is 12.6. The van der Waals surface area contributed by atoms with Crippen LogP contribution in [-0.2, 0) is 11.3 Å². The number of nitrogens with zero attached hydrogens (tertiary/aromatic N) is 4. The average molecular weight is 375 g/mol. The minimum absolute atomic E-state index is 0.0330. The van der Waals surface area contributed by atoms with Crippen molar-refractivity contribution in [3.63, 3.8) is 0 Å². The van der Waals surface area contributed by atoms with E-state index in [9.17, 15) is 4.79 Å². The van der Waals surface area contributed by atoms with Gasteiger partial charge in [0.05, 0.1) is 18.3 Å². The molecule has 3 aromatic rings. The summed E-state index contributed by atoms with van der Waals surface area (Å²) >= 11 is 0. The molecule has 1 N–H and O–H groups in total. The molecule has 2 aromatic heterocycles. The van der Waals surface area contributed by atoms with Crippen LogP contribution in [0.1, 0.15) is 66.4 Å². The van der Waals surface area contributed by atoms with Crippen molar-refractivity contribution in [3.05, 3.63) is 65.1 Å². The Morgan fingerprint density at radius 3 is 2.79 bits per heavy atom. The molecule has 0 spiro atoms. The molecule has 1 aliphatic carbocycles. The first kappa shape index (κ1) is 17.2. The summed E-state index contributed by atoms with van der Waals surface area (Å²) in [5, 5.41) is 12.4. The third-order valence-corrected chi connectivity index (χ3v) is 6.12. The number of benzene rings is 1. The van der Waals surface area contributed by atoms with Crippen LogP contribution in [0.3, 0.4) is 0 Å². The van der Waals surface area contributed by atoms with Gasteiger partial charge in [0.2, 0.25) is 5.91 Å². The molecule has 5 rings (SSSR count). The predicted octanol–water partition coefficient (Wildman–Crippen LogP) is 4.03. The zero-order valence-corrected chi connectivity index (χ0v) is 16.1. The number of anilines is 1. The standard InChI is InChI=1S/C22H25N5O/c1-15-21-19(18-10-5-2-7-16(18)14-26-12-6-11-23-26)13-20(28)24-22(21)27(25-15)17-8-3-4-9-17/h2,5-7,10-12,17,19H,3-4,8-9,13-14H2,1H3,(H,24,28). The Bertz CT molecular complexity index is 998. The van der Waals surface area contributed by atoms with E-state index in [-0.39, 0.29) is 11.8 Å². The van der Waals surface area contributed by atoms with Gasteiger partial charge in [0.25, 0.3) is 0 Å². The lowest BCUT2D eigenvalue weighted by atomic mass is 9.83. The van der Waals surface area contributed by atoms with Crippen LogP contribution in [0, 0.1) is 6.92 Å². The van der Waals surface area contributed by atoms with Gasteiger partial charge in [0, 0.05) is 30.3 Å². The van der Waals surface area contributed by atoms with Crippen molar-refractivity contribution in [3.8, 4) is 0 Å². The third kappa shape index (κ3) is 2.93. The van der Waals surface area contributed by atoms with Crippen LogP contribution in [0.15, 0.2) is 42.7 Å². The van der Waals surface area contributed by atoms with Gasteiger partial charge in [0.1, 0.15) is 5.82 Å². The SMILES string of the molecule is Cc1nn(C2CCCC2)c2c1C(c1ccccc1Cn1cccn1)CC(=O)N2. The smallest absolute Gasteiger partial charge is 0.226 e. The summed E-state index contributed by atoms with van der Waals surface area (Å²) in [5.41, 5.74) is 4.60. The summed E-state index contributed by atoms with van der Waals surface area (Å²) in [7, 11) is 0.